The van der Waals surface area contributed by atoms with E-state index in [0.717, 1.165) is 0 Å². The Balaban J connectivity index is 3.01. The van der Waals surface area contributed by atoms with Gasteiger partial charge in [0.1, 0.15) is 6.04 Å². The molecule has 0 heterocycles. The number of rotatable bonds is 7. The fraction of sp³-hybridized carbons (Fsp3) is 0.467. The number of hydrogen-bond acceptors (Lipinski definition) is 4. The predicted molar refractivity (Wildman–Crippen MR) is 82.6 cm³/mol. The van der Waals surface area contributed by atoms with Crippen molar-refractivity contribution >= 4 is 17.6 Å². The number of carbonyl (C=O) groups is 2. The minimum absolute atomic E-state index is 0.0744. The molecule has 7 nitrogen and oxygen atoms in total. The molecule has 0 aliphatic carbocycles. The fourth-order valence-corrected chi connectivity index (χ4v) is 1.92. The lowest BCUT2D eigenvalue weighted by Crippen LogP contribution is -2.46. The second-order valence-corrected chi connectivity index (χ2v) is 4.80. The van der Waals surface area contributed by atoms with Gasteiger partial charge in [-0.15, -0.1) is 0 Å². The summed E-state index contributed by atoms with van der Waals surface area (Å²) in [5, 5.41) is 6.16. The monoisotopic (exact) mass is 304 g/mol. The molecule has 0 fully saturated rings. The first-order valence-corrected chi connectivity index (χ1v) is 7.16. The molecule has 1 aromatic rings. The van der Waals surface area contributed by atoms with Gasteiger partial charge in [0.15, 0.2) is 0 Å². The van der Waals surface area contributed by atoms with Crippen molar-refractivity contribution < 1.29 is 14.3 Å². The molecular formula is C15H20N4O3. The van der Waals surface area contributed by atoms with Crippen molar-refractivity contribution in [3.05, 3.63) is 40.3 Å². The van der Waals surface area contributed by atoms with Crippen molar-refractivity contribution in [3.63, 3.8) is 0 Å². The van der Waals surface area contributed by atoms with Gasteiger partial charge in [0, 0.05) is 10.5 Å². The summed E-state index contributed by atoms with van der Waals surface area (Å²) in [6, 6.07) is 5.67. The van der Waals surface area contributed by atoms with Crippen LogP contribution in [0.1, 0.15) is 37.6 Å². The SMILES string of the molecule is CCOC(=O)[C@@H](NC(=O)c1ccccc1N=[N+]=[N-])[C@@H](C)CC. The standard InChI is InChI=1S/C15H20N4O3/c1-4-10(3)13(15(21)22-5-2)17-14(20)11-8-6-7-9-12(11)18-19-16/h6-10,13H,4-5H2,1-3H3,(H,17,20)/t10-,13-/m0/s1. The van der Waals surface area contributed by atoms with E-state index in [4.69, 9.17) is 10.3 Å². The van der Waals surface area contributed by atoms with Crippen LogP contribution in [-0.4, -0.2) is 24.5 Å². The number of esters is 1. The van der Waals surface area contributed by atoms with E-state index in [0.29, 0.717) is 6.42 Å². The number of benzene rings is 1. The van der Waals surface area contributed by atoms with Crippen LogP contribution in [0.2, 0.25) is 0 Å². The minimum Gasteiger partial charge on any atom is -0.464 e. The molecule has 1 N–H and O–H groups in total. The molecule has 1 amide bonds. The van der Waals surface area contributed by atoms with E-state index >= 15 is 0 Å². The second kappa shape index (κ2) is 8.69. The molecule has 0 aliphatic heterocycles. The van der Waals surface area contributed by atoms with E-state index in [1.165, 1.54) is 12.1 Å². The van der Waals surface area contributed by atoms with Crippen LogP contribution in [0.25, 0.3) is 10.4 Å². The Labute approximate surface area is 129 Å². The number of nitrogens with one attached hydrogen (secondary N) is 1. The average Bonchev–Trinajstić information content (AvgIpc) is 2.52. The van der Waals surface area contributed by atoms with Crippen molar-refractivity contribution in [2.75, 3.05) is 6.61 Å². The molecule has 0 spiro atoms. The van der Waals surface area contributed by atoms with Gasteiger partial charge in [-0.05, 0) is 24.4 Å². The van der Waals surface area contributed by atoms with Crippen molar-refractivity contribution in [1.29, 1.82) is 0 Å². The van der Waals surface area contributed by atoms with Gasteiger partial charge in [-0.1, -0.05) is 43.6 Å². The lowest BCUT2D eigenvalue weighted by molar-refractivity contribution is -0.146. The zero-order valence-electron chi connectivity index (χ0n) is 12.9. The largest absolute Gasteiger partial charge is 0.464 e. The maximum absolute atomic E-state index is 12.4. The van der Waals surface area contributed by atoms with E-state index in [-0.39, 0.29) is 23.8 Å². The molecule has 0 saturated carbocycles. The Morgan fingerprint density at radius 3 is 2.64 bits per heavy atom. The van der Waals surface area contributed by atoms with Crippen LogP contribution in [0.3, 0.4) is 0 Å². The Hall–Kier alpha value is -2.53. The summed E-state index contributed by atoms with van der Waals surface area (Å²) in [5.41, 5.74) is 8.98. The molecule has 0 bridgehead atoms. The highest BCUT2D eigenvalue weighted by Gasteiger charge is 2.27. The quantitative estimate of drug-likeness (QED) is 0.361. The van der Waals surface area contributed by atoms with Crippen molar-refractivity contribution in [2.45, 2.75) is 33.2 Å². The molecule has 0 radical (unpaired) electrons. The highest BCUT2D eigenvalue weighted by atomic mass is 16.5. The van der Waals surface area contributed by atoms with Crippen LogP contribution in [-0.2, 0) is 9.53 Å². The summed E-state index contributed by atoms with van der Waals surface area (Å²) in [6.45, 7) is 5.75. The topological polar surface area (TPSA) is 104 Å². The number of hydrogen-bond donors (Lipinski definition) is 1. The summed E-state index contributed by atoms with van der Waals surface area (Å²) in [6.07, 6.45) is 0.710. The second-order valence-electron chi connectivity index (χ2n) is 4.80. The molecule has 0 aromatic heterocycles. The summed E-state index contributed by atoms with van der Waals surface area (Å²) in [4.78, 5) is 27.1. The molecule has 1 aromatic carbocycles. The number of ether oxygens (including phenoxy) is 1. The molecule has 0 unspecified atom stereocenters. The van der Waals surface area contributed by atoms with Crippen molar-refractivity contribution in [2.24, 2.45) is 11.0 Å². The minimum atomic E-state index is -0.739. The third-order valence-corrected chi connectivity index (χ3v) is 3.34. The maximum atomic E-state index is 12.4. The Kier molecular flexibility index (Phi) is 6.92. The van der Waals surface area contributed by atoms with E-state index in [1.807, 2.05) is 13.8 Å². The van der Waals surface area contributed by atoms with E-state index < -0.39 is 17.9 Å². The van der Waals surface area contributed by atoms with Crippen LogP contribution >= 0.6 is 0 Å². The first-order chi connectivity index (χ1) is 10.5. The highest BCUT2D eigenvalue weighted by Crippen LogP contribution is 2.19. The van der Waals surface area contributed by atoms with Crippen LogP contribution in [0.15, 0.2) is 29.4 Å². The number of nitrogens with zero attached hydrogens (tertiary/aromatic N) is 3. The van der Waals surface area contributed by atoms with Gasteiger partial charge < -0.3 is 10.1 Å². The molecule has 118 valence electrons. The zero-order chi connectivity index (χ0) is 16.5. The van der Waals surface area contributed by atoms with Crippen LogP contribution < -0.4 is 5.32 Å². The lowest BCUT2D eigenvalue weighted by atomic mass is 9.98. The van der Waals surface area contributed by atoms with E-state index in [2.05, 4.69) is 15.3 Å². The summed E-state index contributed by atoms with van der Waals surface area (Å²) in [5.74, 6) is -1.01. The van der Waals surface area contributed by atoms with Crippen LogP contribution in [0.5, 0.6) is 0 Å². The number of carbonyl (C=O) groups excluding carboxylic acids is 2. The van der Waals surface area contributed by atoms with Crippen molar-refractivity contribution in [3.8, 4) is 0 Å². The Bertz CT molecular complexity index is 582. The molecule has 0 aliphatic rings. The molecular weight excluding hydrogens is 284 g/mol. The summed E-state index contributed by atoms with van der Waals surface area (Å²) >= 11 is 0. The van der Waals surface area contributed by atoms with Gasteiger partial charge in [0.2, 0.25) is 0 Å². The van der Waals surface area contributed by atoms with Gasteiger partial charge in [0.05, 0.1) is 12.3 Å². The Morgan fingerprint density at radius 1 is 1.36 bits per heavy atom. The first kappa shape index (κ1) is 17.5. The van der Waals surface area contributed by atoms with Crippen molar-refractivity contribution in [1.82, 2.24) is 5.32 Å². The normalized spacial score (nSPS) is 12.7. The first-order valence-electron chi connectivity index (χ1n) is 7.16. The van der Waals surface area contributed by atoms with Crippen LogP contribution in [0.4, 0.5) is 5.69 Å². The lowest BCUT2D eigenvalue weighted by Gasteiger charge is -2.22. The molecule has 0 saturated heterocycles. The van der Waals surface area contributed by atoms with Gasteiger partial charge in [0.25, 0.3) is 5.91 Å². The van der Waals surface area contributed by atoms with E-state index in [1.54, 1.807) is 19.1 Å². The fourth-order valence-electron chi connectivity index (χ4n) is 1.92. The van der Waals surface area contributed by atoms with Gasteiger partial charge >= 0.3 is 5.97 Å². The average molecular weight is 304 g/mol. The molecule has 7 heteroatoms. The third kappa shape index (κ3) is 4.49. The van der Waals surface area contributed by atoms with Gasteiger partial charge in [-0.3, -0.25) is 4.79 Å². The van der Waals surface area contributed by atoms with Crippen LogP contribution in [0, 0.1) is 5.92 Å². The number of amides is 1. The highest BCUT2D eigenvalue weighted by molar-refractivity contribution is 6.00. The maximum Gasteiger partial charge on any atom is 0.328 e. The number of azide groups is 1. The van der Waals surface area contributed by atoms with Gasteiger partial charge in [-0.25, -0.2) is 4.79 Å². The summed E-state index contributed by atoms with van der Waals surface area (Å²) < 4.78 is 5.01. The smallest absolute Gasteiger partial charge is 0.328 e. The zero-order valence-corrected chi connectivity index (χ0v) is 12.9. The van der Waals surface area contributed by atoms with E-state index in [9.17, 15) is 9.59 Å². The molecule has 22 heavy (non-hydrogen) atoms. The Morgan fingerprint density at radius 2 is 2.05 bits per heavy atom. The van der Waals surface area contributed by atoms with Gasteiger partial charge in [-0.2, -0.15) is 0 Å². The molecule has 2 atom stereocenters. The summed E-state index contributed by atoms with van der Waals surface area (Å²) in [7, 11) is 0. The third-order valence-electron chi connectivity index (χ3n) is 3.34. The molecule has 1 rings (SSSR count). The predicted octanol–water partition coefficient (Wildman–Crippen LogP) is 3.34.